The van der Waals surface area contributed by atoms with Crippen LogP contribution in [0.15, 0.2) is 72.8 Å². The Kier molecular flexibility index (Phi) is 4.92. The molecule has 1 heterocycles. The third-order valence-corrected chi connectivity index (χ3v) is 5.69. The molecule has 3 aromatic rings. The molecule has 0 unspecified atom stereocenters. The second kappa shape index (κ2) is 7.35. The van der Waals surface area contributed by atoms with Gasteiger partial charge in [0.1, 0.15) is 0 Å². The first kappa shape index (κ1) is 18.1. The van der Waals surface area contributed by atoms with E-state index >= 15 is 0 Å². The summed E-state index contributed by atoms with van der Waals surface area (Å²) in [5.74, 6) is -0.275. The molecular weight excluding hydrogens is 379 g/mol. The van der Waals surface area contributed by atoms with Crippen molar-refractivity contribution in [3.05, 3.63) is 99.5 Å². The summed E-state index contributed by atoms with van der Waals surface area (Å²) in [4.78, 5) is 13.4. The minimum Gasteiger partial charge on any atom is -0.272 e. The van der Waals surface area contributed by atoms with Gasteiger partial charge >= 0.3 is 0 Å². The molecule has 0 saturated heterocycles. The van der Waals surface area contributed by atoms with Gasteiger partial charge in [-0.25, -0.2) is 10.0 Å². The second-order valence-electron chi connectivity index (χ2n) is 6.58. The highest BCUT2D eigenvalue weighted by atomic mass is 35.5. The SMILES string of the molecule is CN(Cc1cccc(Cl)c1Cl)N1C(=O)[C@H](c2ccccc2)c2ccccc21. The third-order valence-electron chi connectivity index (χ3n) is 4.84. The van der Waals surface area contributed by atoms with Crippen LogP contribution in [0.5, 0.6) is 0 Å². The Balaban J connectivity index is 1.71. The van der Waals surface area contributed by atoms with Crippen LogP contribution in [0.1, 0.15) is 22.6 Å². The largest absolute Gasteiger partial charge is 0.272 e. The molecule has 3 aromatic carbocycles. The van der Waals surface area contributed by atoms with Crippen molar-refractivity contribution in [3.63, 3.8) is 0 Å². The van der Waals surface area contributed by atoms with Gasteiger partial charge in [0, 0.05) is 13.6 Å². The summed E-state index contributed by atoms with van der Waals surface area (Å²) in [6.45, 7) is 0.473. The molecule has 3 nitrogen and oxygen atoms in total. The lowest BCUT2D eigenvalue weighted by molar-refractivity contribution is -0.121. The molecule has 0 fully saturated rings. The zero-order valence-electron chi connectivity index (χ0n) is 14.8. The van der Waals surface area contributed by atoms with E-state index in [0.717, 1.165) is 22.4 Å². The van der Waals surface area contributed by atoms with Gasteiger partial charge in [0.05, 0.1) is 21.7 Å². The molecule has 4 rings (SSSR count). The van der Waals surface area contributed by atoms with Gasteiger partial charge < -0.3 is 0 Å². The standard InChI is InChI=1S/C22H18Cl2N2O/c1-25(14-16-10-7-12-18(23)21(16)24)26-19-13-6-5-11-17(19)20(22(26)27)15-8-3-2-4-9-15/h2-13,20H,14H2,1H3/t20-/m1/s1. The van der Waals surface area contributed by atoms with E-state index in [-0.39, 0.29) is 11.8 Å². The maximum atomic E-state index is 13.4. The molecular formula is C22H18Cl2N2O. The van der Waals surface area contributed by atoms with Crippen molar-refractivity contribution >= 4 is 34.8 Å². The van der Waals surface area contributed by atoms with Crippen LogP contribution in [0.4, 0.5) is 5.69 Å². The first-order valence-electron chi connectivity index (χ1n) is 8.69. The fraction of sp³-hybridized carbons (Fsp3) is 0.136. The smallest absolute Gasteiger partial charge is 0.253 e. The summed E-state index contributed by atoms with van der Waals surface area (Å²) in [5.41, 5.74) is 3.78. The lowest BCUT2D eigenvalue weighted by atomic mass is 9.93. The highest BCUT2D eigenvalue weighted by molar-refractivity contribution is 6.42. The number of rotatable bonds is 4. The van der Waals surface area contributed by atoms with Crippen molar-refractivity contribution in [1.82, 2.24) is 5.01 Å². The molecule has 0 aliphatic carbocycles. The van der Waals surface area contributed by atoms with Crippen LogP contribution < -0.4 is 5.01 Å². The molecule has 0 bridgehead atoms. The summed E-state index contributed by atoms with van der Waals surface area (Å²) < 4.78 is 0. The molecule has 1 aliphatic rings. The number of hydrogen-bond donors (Lipinski definition) is 0. The molecule has 27 heavy (non-hydrogen) atoms. The lowest BCUT2D eigenvalue weighted by Crippen LogP contribution is -2.42. The predicted molar refractivity (Wildman–Crippen MR) is 110 cm³/mol. The van der Waals surface area contributed by atoms with Crippen molar-refractivity contribution < 1.29 is 4.79 Å². The maximum Gasteiger partial charge on any atom is 0.253 e. The van der Waals surface area contributed by atoms with Gasteiger partial charge in [0.2, 0.25) is 0 Å². The van der Waals surface area contributed by atoms with Gasteiger partial charge in [0.15, 0.2) is 0 Å². The Labute approximate surface area is 168 Å². The molecule has 0 saturated carbocycles. The van der Waals surface area contributed by atoms with Gasteiger partial charge in [-0.05, 0) is 28.8 Å². The summed E-state index contributed by atoms with van der Waals surface area (Å²) in [6.07, 6.45) is 0. The average Bonchev–Trinajstić information content (AvgIpc) is 2.98. The van der Waals surface area contributed by atoms with Crippen molar-refractivity contribution in [1.29, 1.82) is 0 Å². The van der Waals surface area contributed by atoms with Gasteiger partial charge in [0.25, 0.3) is 5.91 Å². The molecule has 1 atom stereocenters. The highest BCUT2D eigenvalue weighted by Gasteiger charge is 2.40. The number of halogens is 2. The summed E-state index contributed by atoms with van der Waals surface area (Å²) in [5, 5.41) is 4.66. The summed E-state index contributed by atoms with van der Waals surface area (Å²) in [6, 6.07) is 23.3. The van der Waals surface area contributed by atoms with E-state index in [9.17, 15) is 4.79 Å². The topological polar surface area (TPSA) is 23.6 Å². The van der Waals surface area contributed by atoms with Crippen LogP contribution in [-0.4, -0.2) is 18.0 Å². The van der Waals surface area contributed by atoms with E-state index < -0.39 is 0 Å². The Morgan fingerprint density at radius 2 is 1.63 bits per heavy atom. The van der Waals surface area contributed by atoms with Crippen LogP contribution >= 0.6 is 23.2 Å². The molecule has 136 valence electrons. The van der Waals surface area contributed by atoms with E-state index in [4.69, 9.17) is 23.2 Å². The number of benzene rings is 3. The van der Waals surface area contributed by atoms with E-state index in [0.29, 0.717) is 16.6 Å². The Hall–Kier alpha value is -2.33. The fourth-order valence-corrected chi connectivity index (χ4v) is 3.99. The maximum absolute atomic E-state index is 13.4. The number of para-hydroxylation sites is 1. The number of carbonyl (C=O) groups is 1. The summed E-state index contributed by atoms with van der Waals surface area (Å²) >= 11 is 12.5. The van der Waals surface area contributed by atoms with E-state index in [2.05, 4.69) is 0 Å². The predicted octanol–water partition coefficient (Wildman–Crippen LogP) is 5.52. The normalized spacial score (nSPS) is 16.1. The van der Waals surface area contributed by atoms with Crippen LogP contribution in [0.3, 0.4) is 0 Å². The second-order valence-corrected chi connectivity index (χ2v) is 7.37. The molecule has 5 heteroatoms. The molecule has 1 aliphatic heterocycles. The molecule has 0 spiro atoms. The van der Waals surface area contributed by atoms with E-state index in [1.807, 2.05) is 78.8 Å². The van der Waals surface area contributed by atoms with Gasteiger partial charge in [-0.3, -0.25) is 4.79 Å². The van der Waals surface area contributed by atoms with Crippen LogP contribution in [-0.2, 0) is 11.3 Å². The number of anilines is 1. The zero-order valence-corrected chi connectivity index (χ0v) is 16.3. The zero-order chi connectivity index (χ0) is 19.0. The van der Waals surface area contributed by atoms with Crippen LogP contribution in [0.25, 0.3) is 0 Å². The molecule has 0 radical (unpaired) electrons. The number of nitrogens with zero attached hydrogens (tertiary/aromatic N) is 2. The lowest BCUT2D eigenvalue weighted by Gasteiger charge is -2.29. The molecule has 0 N–H and O–H groups in total. The number of hydrazine groups is 1. The fourth-order valence-electron chi connectivity index (χ4n) is 3.61. The Bertz CT molecular complexity index is 991. The van der Waals surface area contributed by atoms with Gasteiger partial charge in [-0.15, -0.1) is 0 Å². The highest BCUT2D eigenvalue weighted by Crippen LogP contribution is 2.42. The van der Waals surface area contributed by atoms with Gasteiger partial charge in [-0.2, -0.15) is 0 Å². The molecule has 0 aromatic heterocycles. The minimum atomic E-state index is -0.306. The number of amides is 1. The van der Waals surface area contributed by atoms with Crippen molar-refractivity contribution in [2.24, 2.45) is 0 Å². The van der Waals surface area contributed by atoms with Crippen molar-refractivity contribution in [3.8, 4) is 0 Å². The van der Waals surface area contributed by atoms with Crippen molar-refractivity contribution in [2.75, 3.05) is 12.1 Å². The van der Waals surface area contributed by atoms with E-state index in [1.165, 1.54) is 0 Å². The number of carbonyl (C=O) groups excluding carboxylic acids is 1. The average molecular weight is 397 g/mol. The molecule has 1 amide bonds. The monoisotopic (exact) mass is 396 g/mol. The minimum absolute atomic E-state index is 0.0306. The first-order chi connectivity index (χ1) is 13.1. The number of fused-ring (bicyclic) bond motifs is 1. The Morgan fingerprint density at radius 3 is 2.41 bits per heavy atom. The van der Waals surface area contributed by atoms with Crippen LogP contribution in [0, 0.1) is 0 Å². The van der Waals surface area contributed by atoms with Crippen LogP contribution in [0.2, 0.25) is 10.0 Å². The summed E-state index contributed by atoms with van der Waals surface area (Å²) in [7, 11) is 1.89. The first-order valence-corrected chi connectivity index (χ1v) is 9.45. The van der Waals surface area contributed by atoms with E-state index in [1.54, 1.807) is 11.1 Å². The quantitative estimate of drug-likeness (QED) is 0.579. The number of hydrogen-bond acceptors (Lipinski definition) is 2. The third kappa shape index (κ3) is 3.23. The Morgan fingerprint density at radius 1 is 0.926 bits per heavy atom. The van der Waals surface area contributed by atoms with Crippen molar-refractivity contribution in [2.45, 2.75) is 12.5 Å². The van der Waals surface area contributed by atoms with Gasteiger partial charge in [-0.1, -0.05) is 83.9 Å².